The number of hydrogen-bond acceptors (Lipinski definition) is 3. The summed E-state index contributed by atoms with van der Waals surface area (Å²) in [6, 6.07) is 11.8. The molecule has 0 bridgehead atoms. The maximum Gasteiger partial charge on any atom is 0.0109 e. The molecule has 1 saturated carbocycles. The highest BCUT2D eigenvalue weighted by molar-refractivity contribution is 5.20. The summed E-state index contributed by atoms with van der Waals surface area (Å²) >= 11 is 0. The second-order valence-electron chi connectivity index (χ2n) is 7.42. The molecule has 0 amide bonds. The highest BCUT2D eigenvalue weighted by Crippen LogP contribution is 2.34. The molecule has 128 valence electrons. The van der Waals surface area contributed by atoms with Gasteiger partial charge < -0.3 is 15.1 Å². The molecule has 1 aliphatic carbocycles. The predicted molar refractivity (Wildman–Crippen MR) is 98.0 cm³/mol. The molecule has 0 radical (unpaired) electrons. The summed E-state index contributed by atoms with van der Waals surface area (Å²) in [6.07, 6.45) is 6.62. The third-order valence-electron chi connectivity index (χ3n) is 5.60. The van der Waals surface area contributed by atoms with Gasteiger partial charge in [-0.2, -0.15) is 0 Å². The fraction of sp³-hybridized carbons (Fsp3) is 0.700. The maximum absolute atomic E-state index is 3.81. The minimum Gasteiger partial charge on any atom is -0.314 e. The zero-order valence-electron chi connectivity index (χ0n) is 14.7. The summed E-state index contributed by atoms with van der Waals surface area (Å²) in [5, 5.41) is 3.81. The molecule has 2 aliphatic rings. The summed E-state index contributed by atoms with van der Waals surface area (Å²) in [7, 11) is 2.24. The third-order valence-corrected chi connectivity index (χ3v) is 5.60. The maximum atomic E-state index is 3.81. The number of benzene rings is 1. The van der Waals surface area contributed by atoms with Gasteiger partial charge in [0.05, 0.1) is 0 Å². The molecule has 2 atom stereocenters. The number of nitrogens with one attached hydrogen (secondary N) is 1. The molecule has 1 saturated heterocycles. The molecule has 3 heteroatoms. The van der Waals surface area contributed by atoms with Crippen LogP contribution in [0.1, 0.15) is 43.6 Å². The van der Waals surface area contributed by atoms with Gasteiger partial charge in [0, 0.05) is 19.1 Å². The Morgan fingerprint density at radius 1 is 1.04 bits per heavy atom. The Balaban J connectivity index is 1.31. The third kappa shape index (κ3) is 5.30. The van der Waals surface area contributed by atoms with Crippen LogP contribution in [0.4, 0.5) is 0 Å². The van der Waals surface area contributed by atoms with Crippen LogP contribution in [0.2, 0.25) is 0 Å². The molecule has 3 nitrogen and oxygen atoms in total. The normalized spacial score (nSPS) is 27.2. The van der Waals surface area contributed by atoms with Crippen molar-refractivity contribution in [1.82, 2.24) is 15.1 Å². The van der Waals surface area contributed by atoms with Crippen LogP contribution in [0, 0.1) is 0 Å². The molecule has 1 aromatic rings. The van der Waals surface area contributed by atoms with E-state index in [4.69, 9.17) is 0 Å². The van der Waals surface area contributed by atoms with Crippen LogP contribution in [-0.2, 0) is 0 Å². The SMILES string of the molecule is CN1CCCN(CCCN[C@H]2CC[C@@H](c3ccccc3)C2)CC1. The zero-order valence-corrected chi connectivity index (χ0v) is 14.7. The van der Waals surface area contributed by atoms with Gasteiger partial charge in [0.2, 0.25) is 0 Å². The van der Waals surface area contributed by atoms with E-state index >= 15 is 0 Å². The predicted octanol–water partition coefficient (Wildman–Crippen LogP) is 2.94. The molecule has 23 heavy (non-hydrogen) atoms. The Morgan fingerprint density at radius 3 is 2.78 bits per heavy atom. The van der Waals surface area contributed by atoms with Gasteiger partial charge in [-0.05, 0) is 76.8 Å². The van der Waals surface area contributed by atoms with Crippen molar-refractivity contribution in [3.8, 4) is 0 Å². The number of hydrogen-bond donors (Lipinski definition) is 1. The largest absolute Gasteiger partial charge is 0.314 e. The molecule has 1 N–H and O–H groups in total. The quantitative estimate of drug-likeness (QED) is 0.814. The fourth-order valence-corrected chi connectivity index (χ4v) is 4.13. The minimum atomic E-state index is 0.732. The van der Waals surface area contributed by atoms with Crippen molar-refractivity contribution >= 4 is 0 Å². The van der Waals surface area contributed by atoms with Crippen molar-refractivity contribution in [2.24, 2.45) is 0 Å². The van der Waals surface area contributed by atoms with E-state index in [2.05, 4.69) is 52.5 Å². The smallest absolute Gasteiger partial charge is 0.0109 e. The lowest BCUT2D eigenvalue weighted by Gasteiger charge is -2.21. The standard InChI is InChI=1S/C20H33N3/c1-22-12-6-14-23(16-15-22)13-5-11-21-20-10-9-19(17-20)18-7-3-2-4-8-18/h2-4,7-8,19-21H,5-6,9-17H2,1H3/t19-,20+/m1/s1. The summed E-state index contributed by atoms with van der Waals surface area (Å²) in [4.78, 5) is 5.10. The van der Waals surface area contributed by atoms with Crippen molar-refractivity contribution in [2.45, 2.75) is 44.1 Å². The van der Waals surface area contributed by atoms with Crippen molar-refractivity contribution in [3.05, 3.63) is 35.9 Å². The van der Waals surface area contributed by atoms with Gasteiger partial charge >= 0.3 is 0 Å². The van der Waals surface area contributed by atoms with E-state index in [1.54, 1.807) is 0 Å². The number of likely N-dealkylation sites (N-methyl/N-ethyl adjacent to an activating group) is 1. The van der Waals surface area contributed by atoms with Crippen LogP contribution >= 0.6 is 0 Å². The molecule has 1 aromatic carbocycles. The second-order valence-corrected chi connectivity index (χ2v) is 7.42. The van der Waals surface area contributed by atoms with Gasteiger partial charge in [-0.3, -0.25) is 0 Å². The van der Waals surface area contributed by atoms with Crippen LogP contribution in [0.25, 0.3) is 0 Å². The van der Waals surface area contributed by atoms with Crippen LogP contribution < -0.4 is 5.32 Å². The monoisotopic (exact) mass is 315 g/mol. The Morgan fingerprint density at radius 2 is 1.91 bits per heavy atom. The fourth-order valence-electron chi connectivity index (χ4n) is 4.13. The van der Waals surface area contributed by atoms with Crippen molar-refractivity contribution in [3.63, 3.8) is 0 Å². The molecule has 1 heterocycles. The molecular formula is C20H33N3. The summed E-state index contributed by atoms with van der Waals surface area (Å²) in [5.74, 6) is 0.773. The first-order chi connectivity index (χ1) is 11.3. The van der Waals surface area contributed by atoms with Crippen molar-refractivity contribution in [1.29, 1.82) is 0 Å². The molecule has 0 aromatic heterocycles. The second kappa shape index (κ2) is 8.81. The van der Waals surface area contributed by atoms with E-state index < -0.39 is 0 Å². The van der Waals surface area contributed by atoms with Crippen LogP contribution in [0.3, 0.4) is 0 Å². The number of rotatable bonds is 6. The minimum absolute atomic E-state index is 0.732. The van der Waals surface area contributed by atoms with E-state index in [0.717, 1.165) is 12.0 Å². The van der Waals surface area contributed by atoms with Crippen LogP contribution in [0.15, 0.2) is 30.3 Å². The van der Waals surface area contributed by atoms with Gasteiger partial charge in [0.15, 0.2) is 0 Å². The highest BCUT2D eigenvalue weighted by Gasteiger charge is 2.25. The van der Waals surface area contributed by atoms with Crippen LogP contribution in [0.5, 0.6) is 0 Å². The van der Waals surface area contributed by atoms with E-state index in [9.17, 15) is 0 Å². The number of nitrogens with zero attached hydrogens (tertiary/aromatic N) is 2. The summed E-state index contributed by atoms with van der Waals surface area (Å²) in [5.41, 5.74) is 1.53. The van der Waals surface area contributed by atoms with E-state index in [1.807, 2.05) is 0 Å². The Bertz CT molecular complexity index is 447. The van der Waals surface area contributed by atoms with Gasteiger partial charge in [-0.25, -0.2) is 0 Å². The Hall–Kier alpha value is -0.900. The summed E-state index contributed by atoms with van der Waals surface area (Å²) in [6.45, 7) is 7.46. The zero-order chi connectivity index (χ0) is 15.9. The van der Waals surface area contributed by atoms with Gasteiger partial charge in [-0.1, -0.05) is 30.3 Å². The first-order valence-electron chi connectivity index (χ1n) is 9.50. The molecule has 0 unspecified atom stereocenters. The molecular weight excluding hydrogens is 282 g/mol. The molecule has 3 rings (SSSR count). The molecule has 0 spiro atoms. The lowest BCUT2D eigenvalue weighted by atomic mass is 9.98. The van der Waals surface area contributed by atoms with Gasteiger partial charge in [-0.15, -0.1) is 0 Å². The Kier molecular flexibility index (Phi) is 6.49. The van der Waals surface area contributed by atoms with Crippen LogP contribution in [-0.4, -0.2) is 62.2 Å². The lowest BCUT2D eigenvalue weighted by molar-refractivity contribution is 0.271. The summed E-state index contributed by atoms with van der Waals surface area (Å²) < 4.78 is 0. The lowest BCUT2D eigenvalue weighted by Crippen LogP contribution is -2.33. The average Bonchev–Trinajstić information content (AvgIpc) is 2.96. The first kappa shape index (κ1) is 16.9. The van der Waals surface area contributed by atoms with Gasteiger partial charge in [0.25, 0.3) is 0 Å². The molecule has 2 fully saturated rings. The van der Waals surface area contributed by atoms with Crippen molar-refractivity contribution < 1.29 is 0 Å². The van der Waals surface area contributed by atoms with E-state index in [-0.39, 0.29) is 0 Å². The molecule has 1 aliphatic heterocycles. The first-order valence-corrected chi connectivity index (χ1v) is 9.50. The van der Waals surface area contributed by atoms with Crippen molar-refractivity contribution in [2.75, 3.05) is 46.3 Å². The van der Waals surface area contributed by atoms with E-state index in [1.165, 1.54) is 76.9 Å². The highest BCUT2D eigenvalue weighted by atomic mass is 15.2. The Labute approximate surface area is 142 Å². The van der Waals surface area contributed by atoms with E-state index in [0.29, 0.717) is 0 Å². The van der Waals surface area contributed by atoms with Gasteiger partial charge in [0.1, 0.15) is 0 Å². The average molecular weight is 316 g/mol. The topological polar surface area (TPSA) is 18.5 Å².